The van der Waals surface area contributed by atoms with Crippen LogP contribution in [-0.4, -0.2) is 13.1 Å². The summed E-state index contributed by atoms with van der Waals surface area (Å²) in [4.78, 5) is 0. The predicted molar refractivity (Wildman–Crippen MR) is 68.4 cm³/mol. The first-order valence-corrected chi connectivity index (χ1v) is 5.95. The Morgan fingerprint density at radius 2 is 2.40 bits per heavy atom. The van der Waals surface area contributed by atoms with Crippen molar-refractivity contribution >= 4 is 21.6 Å². The van der Waals surface area contributed by atoms with Crippen LogP contribution < -0.4 is 10.6 Å². The molecule has 1 aromatic rings. The lowest BCUT2D eigenvalue weighted by molar-refractivity contribution is 0.758. The molecule has 0 unspecified atom stereocenters. The summed E-state index contributed by atoms with van der Waals surface area (Å²) in [5.41, 5.74) is 4.11. The summed E-state index contributed by atoms with van der Waals surface area (Å²) < 4.78 is 0.989. The summed E-state index contributed by atoms with van der Waals surface area (Å²) in [6.45, 7) is 6.56. The summed E-state index contributed by atoms with van der Waals surface area (Å²) in [5.74, 6) is 0. The number of rotatable bonds is 4. The van der Waals surface area contributed by atoms with Gasteiger partial charge in [0.1, 0.15) is 0 Å². The van der Waals surface area contributed by atoms with Crippen LogP contribution in [0.25, 0.3) is 0 Å². The summed E-state index contributed by atoms with van der Waals surface area (Å²) in [5, 5.41) is 6.78. The molecule has 0 fully saturated rings. The van der Waals surface area contributed by atoms with Crippen LogP contribution in [0.15, 0.2) is 29.3 Å². The average Bonchev–Trinajstić information content (AvgIpc) is 2.65. The first-order valence-electron chi connectivity index (χ1n) is 5.16. The molecule has 0 bridgehead atoms. The summed E-state index contributed by atoms with van der Waals surface area (Å²) in [6.07, 6.45) is 1.15. The van der Waals surface area contributed by atoms with Crippen molar-refractivity contribution in [2.75, 3.05) is 18.4 Å². The quantitative estimate of drug-likeness (QED) is 0.876. The maximum Gasteiger partial charge on any atom is 0.0419 e. The molecule has 2 rings (SSSR count). The lowest BCUT2D eigenvalue weighted by atomic mass is 10.1. The van der Waals surface area contributed by atoms with Crippen LogP contribution in [0.5, 0.6) is 0 Å². The van der Waals surface area contributed by atoms with Crippen molar-refractivity contribution in [2.24, 2.45) is 0 Å². The molecule has 0 aromatic heterocycles. The normalized spacial score (nSPS) is 13.4. The summed E-state index contributed by atoms with van der Waals surface area (Å²) >= 11 is 3.34. The van der Waals surface area contributed by atoms with Crippen LogP contribution in [0.2, 0.25) is 0 Å². The first kappa shape index (κ1) is 10.7. The second-order valence-electron chi connectivity index (χ2n) is 3.75. The molecule has 3 heteroatoms. The van der Waals surface area contributed by atoms with Crippen LogP contribution in [0.4, 0.5) is 5.69 Å². The Balaban J connectivity index is 2.02. The fourth-order valence-electron chi connectivity index (χ4n) is 1.89. The van der Waals surface area contributed by atoms with Gasteiger partial charge in [0.15, 0.2) is 0 Å². The Morgan fingerprint density at radius 1 is 1.53 bits per heavy atom. The molecule has 0 saturated heterocycles. The minimum absolute atomic E-state index is 0.809. The highest BCUT2D eigenvalue weighted by molar-refractivity contribution is 9.11. The van der Waals surface area contributed by atoms with E-state index in [4.69, 9.17) is 0 Å². The molecule has 0 amide bonds. The van der Waals surface area contributed by atoms with Crippen molar-refractivity contribution in [2.45, 2.75) is 13.0 Å². The minimum Gasteiger partial charge on any atom is -0.384 e. The molecule has 1 aromatic carbocycles. The van der Waals surface area contributed by atoms with E-state index in [1.807, 2.05) is 0 Å². The second-order valence-corrected chi connectivity index (χ2v) is 4.87. The van der Waals surface area contributed by atoms with Crippen molar-refractivity contribution < 1.29 is 0 Å². The van der Waals surface area contributed by atoms with E-state index < -0.39 is 0 Å². The molecule has 0 saturated carbocycles. The molecule has 1 heterocycles. The standard InChI is InChI=1S/C12H15BrN2/c1-9(13)7-14-8-11-4-2-3-10-5-6-15-12(10)11/h2-4,14-15H,1,5-8H2. The van der Waals surface area contributed by atoms with Gasteiger partial charge in [0, 0.05) is 29.8 Å². The second kappa shape index (κ2) is 4.81. The van der Waals surface area contributed by atoms with Gasteiger partial charge in [0.2, 0.25) is 0 Å². The third-order valence-electron chi connectivity index (χ3n) is 2.57. The lowest BCUT2D eigenvalue weighted by Gasteiger charge is -2.09. The van der Waals surface area contributed by atoms with Gasteiger partial charge >= 0.3 is 0 Å². The zero-order valence-corrected chi connectivity index (χ0v) is 10.2. The molecule has 0 radical (unpaired) electrons. The van der Waals surface area contributed by atoms with Crippen molar-refractivity contribution in [3.05, 3.63) is 40.4 Å². The zero-order chi connectivity index (χ0) is 10.7. The fraction of sp³-hybridized carbons (Fsp3) is 0.333. The number of anilines is 1. The number of nitrogens with one attached hydrogen (secondary N) is 2. The van der Waals surface area contributed by atoms with Crippen molar-refractivity contribution in [1.82, 2.24) is 5.32 Å². The monoisotopic (exact) mass is 266 g/mol. The fourth-order valence-corrected chi connectivity index (χ4v) is 2.09. The molecule has 0 atom stereocenters. The van der Waals surface area contributed by atoms with Gasteiger partial charge < -0.3 is 10.6 Å². The van der Waals surface area contributed by atoms with E-state index in [-0.39, 0.29) is 0 Å². The Labute approximate surface area is 98.9 Å². The SMILES string of the molecule is C=C(Br)CNCc1cccc2c1NCC2. The highest BCUT2D eigenvalue weighted by Gasteiger charge is 2.12. The molecule has 15 heavy (non-hydrogen) atoms. The van der Waals surface area contributed by atoms with E-state index in [0.717, 1.165) is 30.5 Å². The van der Waals surface area contributed by atoms with Crippen LogP contribution in [0.1, 0.15) is 11.1 Å². The molecule has 2 N–H and O–H groups in total. The molecule has 80 valence electrons. The molecule has 1 aliphatic rings. The third-order valence-corrected chi connectivity index (χ3v) is 2.85. The van der Waals surface area contributed by atoms with Crippen LogP contribution in [0.3, 0.4) is 0 Å². The first-order chi connectivity index (χ1) is 7.27. The number of para-hydroxylation sites is 1. The minimum atomic E-state index is 0.809. The Hall–Kier alpha value is -0.800. The molecule has 2 nitrogen and oxygen atoms in total. The number of halogens is 1. The van der Waals surface area contributed by atoms with Gasteiger partial charge in [-0.1, -0.05) is 40.7 Å². The summed E-state index contributed by atoms with van der Waals surface area (Å²) in [7, 11) is 0. The van der Waals surface area contributed by atoms with E-state index in [9.17, 15) is 0 Å². The number of hydrogen-bond donors (Lipinski definition) is 2. The van der Waals surface area contributed by atoms with Gasteiger partial charge in [-0.15, -0.1) is 0 Å². The molecule has 0 spiro atoms. The summed E-state index contributed by atoms with van der Waals surface area (Å²) in [6, 6.07) is 6.50. The van der Waals surface area contributed by atoms with E-state index in [2.05, 4.69) is 51.3 Å². The van der Waals surface area contributed by atoms with Crippen LogP contribution in [0, 0.1) is 0 Å². The van der Waals surface area contributed by atoms with E-state index in [1.54, 1.807) is 0 Å². The maximum absolute atomic E-state index is 3.80. The van der Waals surface area contributed by atoms with Gasteiger partial charge in [-0.25, -0.2) is 0 Å². The maximum atomic E-state index is 3.80. The largest absolute Gasteiger partial charge is 0.384 e. The Morgan fingerprint density at radius 3 is 3.20 bits per heavy atom. The molecule has 1 aliphatic heterocycles. The molecule has 0 aliphatic carbocycles. The van der Waals surface area contributed by atoms with E-state index in [0.29, 0.717) is 0 Å². The average molecular weight is 267 g/mol. The Kier molecular flexibility index (Phi) is 3.44. The number of benzene rings is 1. The Bertz CT molecular complexity index is 374. The highest BCUT2D eigenvalue weighted by atomic mass is 79.9. The smallest absolute Gasteiger partial charge is 0.0419 e. The van der Waals surface area contributed by atoms with Crippen molar-refractivity contribution in [3.8, 4) is 0 Å². The lowest BCUT2D eigenvalue weighted by Crippen LogP contribution is -2.15. The van der Waals surface area contributed by atoms with Gasteiger partial charge in [-0.2, -0.15) is 0 Å². The van der Waals surface area contributed by atoms with Crippen LogP contribution >= 0.6 is 15.9 Å². The van der Waals surface area contributed by atoms with Crippen LogP contribution in [-0.2, 0) is 13.0 Å². The number of hydrogen-bond acceptors (Lipinski definition) is 2. The van der Waals surface area contributed by atoms with Gasteiger partial charge in [0.25, 0.3) is 0 Å². The van der Waals surface area contributed by atoms with Gasteiger partial charge in [-0.05, 0) is 17.5 Å². The number of fused-ring (bicyclic) bond motifs is 1. The van der Waals surface area contributed by atoms with Crippen molar-refractivity contribution in [3.63, 3.8) is 0 Å². The molecular weight excluding hydrogens is 252 g/mol. The van der Waals surface area contributed by atoms with E-state index >= 15 is 0 Å². The van der Waals surface area contributed by atoms with Crippen molar-refractivity contribution in [1.29, 1.82) is 0 Å². The third kappa shape index (κ3) is 2.61. The van der Waals surface area contributed by atoms with Gasteiger partial charge in [0.05, 0.1) is 0 Å². The highest BCUT2D eigenvalue weighted by Crippen LogP contribution is 2.26. The predicted octanol–water partition coefficient (Wildman–Crippen LogP) is 2.65. The molecular formula is C12H15BrN2. The topological polar surface area (TPSA) is 24.1 Å². The van der Waals surface area contributed by atoms with Gasteiger partial charge in [-0.3, -0.25) is 0 Å². The zero-order valence-electron chi connectivity index (χ0n) is 8.65. The van der Waals surface area contributed by atoms with E-state index in [1.165, 1.54) is 16.8 Å².